The van der Waals surface area contributed by atoms with E-state index < -0.39 is 0 Å². The van der Waals surface area contributed by atoms with Crippen LogP contribution in [0, 0.1) is 0 Å². The van der Waals surface area contributed by atoms with Crippen LogP contribution in [-0.4, -0.2) is 28.4 Å². The molecule has 1 aromatic heterocycles. The molecule has 4 nitrogen and oxygen atoms in total. The molecule has 102 valence electrons. The van der Waals surface area contributed by atoms with Gasteiger partial charge in [-0.05, 0) is 25.1 Å². The van der Waals surface area contributed by atoms with E-state index in [2.05, 4.69) is 26.2 Å². The maximum atomic E-state index is 11.9. The molecule has 1 aromatic carbocycles. The third kappa shape index (κ3) is 2.77. The molecule has 6 heteroatoms. The third-order valence-corrected chi connectivity index (χ3v) is 3.74. The molecule has 0 fully saturated rings. The molecule has 0 aliphatic rings. The van der Waals surface area contributed by atoms with Crippen molar-refractivity contribution in [2.75, 3.05) is 12.9 Å². The maximum absolute atomic E-state index is 11.9. The van der Waals surface area contributed by atoms with Gasteiger partial charge in [-0.2, -0.15) is 0 Å². The summed E-state index contributed by atoms with van der Waals surface area (Å²) < 4.78 is 2.91. The topological polar surface area (TPSA) is 46.9 Å². The van der Waals surface area contributed by atoms with E-state index in [1.807, 2.05) is 29.7 Å². The monoisotopic (exact) mass is 343 g/mol. The Morgan fingerprint density at radius 1 is 1.58 bits per heavy atom. The number of rotatable bonds is 4. The summed E-state index contributed by atoms with van der Waals surface area (Å²) in [6, 6.07) is 5.54. The molecule has 1 unspecified atom stereocenters. The Hall–Kier alpha value is -1.07. The second kappa shape index (κ2) is 5.92. The van der Waals surface area contributed by atoms with Crippen LogP contribution in [0.2, 0.25) is 0 Å². The van der Waals surface area contributed by atoms with Crippen molar-refractivity contribution in [2.24, 2.45) is 0 Å². The quantitative estimate of drug-likeness (QED) is 0.867. The Bertz CT molecular complexity index is 611. The summed E-state index contributed by atoms with van der Waals surface area (Å²) in [5, 5.41) is 2.67. The smallest absolute Gasteiger partial charge is 0.242 e. The summed E-state index contributed by atoms with van der Waals surface area (Å²) in [6.45, 7) is 1.86. The highest BCUT2D eigenvalue weighted by Crippen LogP contribution is 2.25. The van der Waals surface area contributed by atoms with Crippen molar-refractivity contribution in [2.45, 2.75) is 19.4 Å². The first-order chi connectivity index (χ1) is 9.08. The van der Waals surface area contributed by atoms with Crippen LogP contribution in [0.5, 0.6) is 0 Å². The molecule has 0 bridgehead atoms. The molecule has 0 spiro atoms. The number of alkyl halides is 1. The van der Waals surface area contributed by atoms with E-state index in [4.69, 9.17) is 11.6 Å². The summed E-state index contributed by atoms with van der Waals surface area (Å²) in [5.41, 5.74) is 1.81. The number of hydrogen-bond acceptors (Lipinski definition) is 2. The molecule has 0 saturated carbocycles. The zero-order chi connectivity index (χ0) is 14.0. The van der Waals surface area contributed by atoms with Gasteiger partial charge in [0.15, 0.2) is 0 Å². The highest BCUT2D eigenvalue weighted by molar-refractivity contribution is 9.10. The van der Waals surface area contributed by atoms with Crippen molar-refractivity contribution in [1.82, 2.24) is 14.9 Å². The van der Waals surface area contributed by atoms with Gasteiger partial charge in [0.1, 0.15) is 11.9 Å². The summed E-state index contributed by atoms with van der Waals surface area (Å²) in [4.78, 5) is 16.4. The van der Waals surface area contributed by atoms with Gasteiger partial charge >= 0.3 is 0 Å². The number of halogens is 2. The van der Waals surface area contributed by atoms with Crippen LogP contribution >= 0.6 is 27.5 Å². The van der Waals surface area contributed by atoms with E-state index in [0.717, 1.165) is 21.3 Å². The Morgan fingerprint density at radius 3 is 2.95 bits per heavy atom. The van der Waals surface area contributed by atoms with Gasteiger partial charge < -0.3 is 9.88 Å². The van der Waals surface area contributed by atoms with Crippen LogP contribution in [-0.2, 0) is 11.2 Å². The number of aromatic nitrogens is 2. The SMILES string of the molecule is CNC(=O)C(C)n1c(CCCl)nc2cc(Br)ccc21. The van der Waals surface area contributed by atoms with Crippen molar-refractivity contribution < 1.29 is 4.79 Å². The Morgan fingerprint density at radius 2 is 2.32 bits per heavy atom. The highest BCUT2D eigenvalue weighted by atomic mass is 79.9. The average Bonchev–Trinajstić information content (AvgIpc) is 2.74. The zero-order valence-electron chi connectivity index (χ0n) is 10.8. The summed E-state index contributed by atoms with van der Waals surface area (Å²) >= 11 is 9.25. The Balaban J connectivity index is 2.61. The van der Waals surface area contributed by atoms with E-state index in [1.54, 1.807) is 7.05 Å². The van der Waals surface area contributed by atoms with Gasteiger partial charge in [0, 0.05) is 23.8 Å². The summed E-state index contributed by atoms with van der Waals surface area (Å²) in [6.07, 6.45) is 0.634. The minimum Gasteiger partial charge on any atom is -0.357 e. The van der Waals surface area contributed by atoms with Crippen LogP contribution < -0.4 is 5.32 Å². The molecule has 0 aliphatic carbocycles. The van der Waals surface area contributed by atoms with Crippen molar-refractivity contribution >= 4 is 44.5 Å². The largest absolute Gasteiger partial charge is 0.357 e. The first-order valence-corrected chi connectivity index (χ1v) is 7.35. The average molecular weight is 345 g/mol. The number of benzene rings is 1. The van der Waals surface area contributed by atoms with Gasteiger partial charge in [-0.25, -0.2) is 4.98 Å². The molecule has 1 atom stereocenters. The molecular formula is C13H15BrClN3O. The van der Waals surface area contributed by atoms with Crippen LogP contribution in [0.3, 0.4) is 0 Å². The molecule has 0 saturated heterocycles. The second-order valence-corrected chi connectivity index (χ2v) is 5.55. The number of carbonyl (C=O) groups is 1. The lowest BCUT2D eigenvalue weighted by Crippen LogP contribution is -2.28. The maximum Gasteiger partial charge on any atom is 0.242 e. The van der Waals surface area contributed by atoms with Gasteiger partial charge in [0.25, 0.3) is 0 Å². The molecule has 1 N–H and O–H groups in total. The second-order valence-electron chi connectivity index (χ2n) is 4.26. The number of hydrogen-bond donors (Lipinski definition) is 1. The number of imidazole rings is 1. The fourth-order valence-corrected chi connectivity index (χ4v) is 2.66. The number of aryl methyl sites for hydroxylation is 1. The predicted molar refractivity (Wildman–Crippen MR) is 80.6 cm³/mol. The number of likely N-dealkylation sites (N-methyl/N-ethyl adjacent to an activating group) is 1. The van der Waals surface area contributed by atoms with Gasteiger partial charge in [-0.15, -0.1) is 11.6 Å². The number of amides is 1. The number of nitrogens with one attached hydrogen (secondary N) is 1. The van der Waals surface area contributed by atoms with Crippen molar-refractivity contribution in [1.29, 1.82) is 0 Å². The first kappa shape index (κ1) is 14.3. The molecule has 1 heterocycles. The van der Waals surface area contributed by atoms with E-state index in [-0.39, 0.29) is 11.9 Å². The van der Waals surface area contributed by atoms with E-state index >= 15 is 0 Å². The number of carbonyl (C=O) groups excluding carboxylic acids is 1. The minimum absolute atomic E-state index is 0.0435. The highest BCUT2D eigenvalue weighted by Gasteiger charge is 2.20. The van der Waals surface area contributed by atoms with Crippen LogP contribution in [0.1, 0.15) is 18.8 Å². The van der Waals surface area contributed by atoms with Gasteiger partial charge in [-0.3, -0.25) is 4.79 Å². The van der Waals surface area contributed by atoms with E-state index in [1.165, 1.54) is 0 Å². The third-order valence-electron chi connectivity index (χ3n) is 3.06. The number of fused-ring (bicyclic) bond motifs is 1. The molecule has 2 rings (SSSR count). The lowest BCUT2D eigenvalue weighted by atomic mass is 10.2. The van der Waals surface area contributed by atoms with Gasteiger partial charge in [0.2, 0.25) is 5.91 Å². The molecule has 0 aliphatic heterocycles. The van der Waals surface area contributed by atoms with Crippen molar-refractivity contribution in [3.05, 3.63) is 28.5 Å². The van der Waals surface area contributed by atoms with E-state index in [0.29, 0.717) is 12.3 Å². The standard InChI is InChI=1S/C13H15BrClN3O/c1-8(13(19)16-2)18-11-4-3-9(14)7-10(11)17-12(18)5-6-15/h3-4,7-8H,5-6H2,1-2H3,(H,16,19). The Kier molecular flexibility index (Phi) is 4.47. The normalized spacial score (nSPS) is 12.6. The summed E-state index contributed by atoms with van der Waals surface area (Å²) in [5.74, 6) is 1.27. The lowest BCUT2D eigenvalue weighted by Gasteiger charge is -2.15. The lowest BCUT2D eigenvalue weighted by molar-refractivity contribution is -0.123. The molecule has 2 aromatic rings. The van der Waals surface area contributed by atoms with Crippen LogP contribution in [0.15, 0.2) is 22.7 Å². The predicted octanol–water partition coefficient (Wildman–Crippen LogP) is 2.89. The first-order valence-electron chi connectivity index (χ1n) is 6.02. The Labute approximate surface area is 125 Å². The number of nitrogens with zero attached hydrogens (tertiary/aromatic N) is 2. The van der Waals surface area contributed by atoms with Gasteiger partial charge in [-0.1, -0.05) is 15.9 Å². The minimum atomic E-state index is -0.311. The van der Waals surface area contributed by atoms with Crippen LogP contribution in [0.25, 0.3) is 11.0 Å². The molecule has 1 amide bonds. The summed E-state index contributed by atoms with van der Waals surface area (Å²) in [7, 11) is 1.63. The van der Waals surface area contributed by atoms with E-state index in [9.17, 15) is 4.79 Å². The molecular weight excluding hydrogens is 330 g/mol. The molecule has 19 heavy (non-hydrogen) atoms. The van der Waals surface area contributed by atoms with Crippen molar-refractivity contribution in [3.63, 3.8) is 0 Å². The zero-order valence-corrected chi connectivity index (χ0v) is 13.1. The van der Waals surface area contributed by atoms with Crippen molar-refractivity contribution in [3.8, 4) is 0 Å². The van der Waals surface area contributed by atoms with Crippen LogP contribution in [0.4, 0.5) is 0 Å². The fraction of sp³-hybridized carbons (Fsp3) is 0.385. The fourth-order valence-electron chi connectivity index (χ4n) is 2.14. The van der Waals surface area contributed by atoms with Gasteiger partial charge in [0.05, 0.1) is 11.0 Å². The molecule has 0 radical (unpaired) electrons.